The highest BCUT2D eigenvalue weighted by atomic mass is 32.1. The maximum Gasteiger partial charge on any atom is 0.167 e. The van der Waals surface area contributed by atoms with E-state index in [0.717, 1.165) is 86.8 Å². The van der Waals surface area contributed by atoms with Crippen molar-refractivity contribution in [2.24, 2.45) is 0 Å². The second kappa shape index (κ2) is 14.7. The third-order valence-electron chi connectivity index (χ3n) is 8.38. The fourth-order valence-corrected chi connectivity index (χ4v) is 6.45. The van der Waals surface area contributed by atoms with Crippen molar-refractivity contribution in [3.8, 4) is 56.2 Å². The zero-order valence-electron chi connectivity index (χ0n) is 27.6. The van der Waals surface area contributed by atoms with Gasteiger partial charge in [0.15, 0.2) is 17.3 Å². The molecule has 0 fully saturated rings. The van der Waals surface area contributed by atoms with E-state index in [2.05, 4.69) is 61.5 Å². The number of unbranched alkanes of at least 4 members (excludes halogenated alkanes) is 3. The first kappa shape index (κ1) is 32.1. The summed E-state index contributed by atoms with van der Waals surface area (Å²) in [4.78, 5) is 4.80. The Morgan fingerprint density at radius 1 is 0.638 bits per heavy atom. The molecule has 0 spiro atoms. The maximum absolute atomic E-state index is 6.20. The van der Waals surface area contributed by atoms with Crippen LogP contribution in [0.1, 0.15) is 42.4 Å². The number of para-hydroxylation sites is 1. The number of hydrogen-bond acceptors (Lipinski definition) is 8. The second-order valence-corrected chi connectivity index (χ2v) is 12.7. The molecule has 0 aliphatic rings. The van der Waals surface area contributed by atoms with Gasteiger partial charge in [0.25, 0.3) is 0 Å². The molecule has 0 amide bonds. The van der Waals surface area contributed by atoms with Crippen LogP contribution in [0.2, 0.25) is 0 Å². The van der Waals surface area contributed by atoms with E-state index in [1.165, 1.54) is 4.70 Å². The van der Waals surface area contributed by atoms with Crippen LogP contribution < -0.4 is 18.9 Å². The summed E-state index contributed by atoms with van der Waals surface area (Å²) in [5.41, 5.74) is 8.07. The number of thiazole rings is 1. The molecule has 2 aromatic heterocycles. The van der Waals surface area contributed by atoms with Crippen LogP contribution in [0.25, 0.3) is 43.4 Å². The predicted molar refractivity (Wildman–Crippen MR) is 189 cm³/mol. The highest BCUT2D eigenvalue weighted by Crippen LogP contribution is 2.36. The third-order valence-corrected chi connectivity index (χ3v) is 9.46. The van der Waals surface area contributed by atoms with Crippen molar-refractivity contribution in [1.82, 2.24) is 10.1 Å². The summed E-state index contributed by atoms with van der Waals surface area (Å²) < 4.78 is 30.4. The van der Waals surface area contributed by atoms with Gasteiger partial charge in [0.2, 0.25) is 0 Å². The van der Waals surface area contributed by atoms with Gasteiger partial charge in [-0.1, -0.05) is 29.4 Å². The SMILES string of the molecule is COc1ccc(-c2cc(-c3cc(C)c(C)c(OC)c3)no2)cc1OCCCCCCOc1cc(-c2nc3ccccc3s2)ccc1C. The molecular weight excluding hydrogens is 609 g/mol. The van der Waals surface area contributed by atoms with Gasteiger partial charge in [0.1, 0.15) is 22.2 Å². The van der Waals surface area contributed by atoms with Gasteiger partial charge in [0.05, 0.1) is 37.6 Å². The number of ether oxygens (including phenoxy) is 4. The van der Waals surface area contributed by atoms with Gasteiger partial charge in [-0.3, -0.25) is 0 Å². The van der Waals surface area contributed by atoms with Crippen molar-refractivity contribution < 1.29 is 23.5 Å². The topological polar surface area (TPSA) is 75.8 Å². The van der Waals surface area contributed by atoms with E-state index in [1.807, 2.05) is 43.3 Å². The molecule has 0 aliphatic carbocycles. The molecule has 0 N–H and O–H groups in total. The Kier molecular flexibility index (Phi) is 10.1. The number of aryl methyl sites for hydroxylation is 2. The number of hydrogen-bond donors (Lipinski definition) is 0. The summed E-state index contributed by atoms with van der Waals surface area (Å²) in [7, 11) is 3.33. The van der Waals surface area contributed by atoms with Crippen LogP contribution in [0.4, 0.5) is 0 Å². The molecule has 8 heteroatoms. The number of nitrogens with zero attached hydrogens (tertiary/aromatic N) is 2. The summed E-state index contributed by atoms with van der Waals surface area (Å²) in [5.74, 6) is 3.78. The first-order valence-electron chi connectivity index (χ1n) is 16.0. The van der Waals surface area contributed by atoms with E-state index in [0.29, 0.717) is 30.5 Å². The molecule has 0 atom stereocenters. The van der Waals surface area contributed by atoms with E-state index in [-0.39, 0.29) is 0 Å². The first-order chi connectivity index (χ1) is 22.9. The Bertz CT molecular complexity index is 1950. The Hall–Kier alpha value is -4.82. The van der Waals surface area contributed by atoms with Gasteiger partial charge in [-0.05, 0) is 112 Å². The van der Waals surface area contributed by atoms with Crippen molar-refractivity contribution >= 4 is 21.6 Å². The molecule has 0 saturated heterocycles. The monoisotopic (exact) mass is 648 g/mol. The molecule has 7 nitrogen and oxygen atoms in total. The van der Waals surface area contributed by atoms with Crippen LogP contribution in [0, 0.1) is 20.8 Å². The molecule has 6 rings (SSSR count). The molecule has 0 bridgehead atoms. The lowest BCUT2D eigenvalue weighted by molar-refractivity contribution is 0.276. The van der Waals surface area contributed by atoms with E-state index in [4.69, 9.17) is 28.5 Å². The second-order valence-electron chi connectivity index (χ2n) is 11.6. The highest BCUT2D eigenvalue weighted by Gasteiger charge is 2.15. The number of benzene rings is 4. The minimum Gasteiger partial charge on any atom is -0.496 e. The molecule has 47 heavy (non-hydrogen) atoms. The summed E-state index contributed by atoms with van der Waals surface area (Å²) in [6.07, 6.45) is 4.01. The van der Waals surface area contributed by atoms with Crippen LogP contribution in [0.3, 0.4) is 0 Å². The van der Waals surface area contributed by atoms with E-state index < -0.39 is 0 Å². The summed E-state index contributed by atoms with van der Waals surface area (Å²) in [6.45, 7) is 7.47. The molecule has 6 aromatic rings. The smallest absolute Gasteiger partial charge is 0.167 e. The fourth-order valence-electron chi connectivity index (χ4n) is 5.48. The summed E-state index contributed by atoms with van der Waals surface area (Å²) >= 11 is 1.71. The Labute approximate surface area is 280 Å². The molecule has 0 unspecified atom stereocenters. The highest BCUT2D eigenvalue weighted by molar-refractivity contribution is 7.21. The lowest BCUT2D eigenvalue weighted by atomic mass is 10.0. The summed E-state index contributed by atoms with van der Waals surface area (Å²) in [5, 5.41) is 5.34. The lowest BCUT2D eigenvalue weighted by Gasteiger charge is -2.12. The minimum absolute atomic E-state index is 0.591. The van der Waals surface area contributed by atoms with Crippen molar-refractivity contribution in [3.63, 3.8) is 0 Å². The van der Waals surface area contributed by atoms with Gasteiger partial charge in [0, 0.05) is 22.8 Å². The number of methoxy groups -OCH3 is 2. The van der Waals surface area contributed by atoms with Crippen molar-refractivity contribution in [2.45, 2.75) is 46.5 Å². The Morgan fingerprint density at radius 2 is 1.34 bits per heavy atom. The van der Waals surface area contributed by atoms with Crippen LogP contribution in [0.15, 0.2) is 83.4 Å². The Balaban J connectivity index is 0.984. The molecule has 0 radical (unpaired) electrons. The van der Waals surface area contributed by atoms with Crippen molar-refractivity contribution in [1.29, 1.82) is 0 Å². The molecule has 2 heterocycles. The average Bonchev–Trinajstić information content (AvgIpc) is 3.76. The number of fused-ring (bicyclic) bond motifs is 1. The number of rotatable bonds is 14. The van der Waals surface area contributed by atoms with Crippen molar-refractivity contribution in [2.75, 3.05) is 27.4 Å². The maximum atomic E-state index is 6.20. The zero-order chi connectivity index (χ0) is 32.8. The van der Waals surface area contributed by atoms with Gasteiger partial charge in [-0.2, -0.15) is 0 Å². The molecule has 0 aliphatic heterocycles. The predicted octanol–water partition coefficient (Wildman–Crippen LogP) is 10.2. The zero-order valence-corrected chi connectivity index (χ0v) is 28.4. The fraction of sp³-hybridized carbons (Fsp3) is 0.282. The van der Waals surface area contributed by atoms with Crippen LogP contribution >= 0.6 is 11.3 Å². The van der Waals surface area contributed by atoms with Gasteiger partial charge >= 0.3 is 0 Å². The Morgan fingerprint density at radius 3 is 2.11 bits per heavy atom. The normalized spacial score (nSPS) is 11.2. The van der Waals surface area contributed by atoms with Gasteiger partial charge in [-0.25, -0.2) is 4.98 Å². The number of aromatic nitrogens is 2. The summed E-state index contributed by atoms with van der Waals surface area (Å²) in [6, 6.07) is 26.4. The molecular formula is C39H40N2O5S. The van der Waals surface area contributed by atoms with E-state index in [1.54, 1.807) is 25.6 Å². The van der Waals surface area contributed by atoms with Gasteiger partial charge in [-0.15, -0.1) is 11.3 Å². The lowest BCUT2D eigenvalue weighted by Crippen LogP contribution is -2.01. The molecule has 242 valence electrons. The van der Waals surface area contributed by atoms with Crippen molar-refractivity contribution in [3.05, 3.63) is 95.6 Å². The van der Waals surface area contributed by atoms with Crippen LogP contribution in [-0.4, -0.2) is 37.6 Å². The quantitative estimate of drug-likeness (QED) is 0.109. The van der Waals surface area contributed by atoms with E-state index >= 15 is 0 Å². The van der Waals surface area contributed by atoms with Gasteiger partial charge < -0.3 is 23.5 Å². The average molecular weight is 649 g/mol. The standard InChI is InChI=1S/C39H40N2O5S/c1-25-14-15-29(39-40-31-12-8-9-13-38(31)47-39)22-34(25)44-18-10-6-7-11-19-45-37-21-28(16-17-33(37)42-4)36-24-32(41-46-36)30-20-26(2)27(3)35(23-30)43-5/h8-9,12-17,20-24H,6-7,10-11,18-19H2,1-5H3. The largest absolute Gasteiger partial charge is 0.496 e. The minimum atomic E-state index is 0.591. The van der Waals surface area contributed by atoms with Crippen LogP contribution in [0.5, 0.6) is 23.0 Å². The molecule has 0 saturated carbocycles. The third kappa shape index (κ3) is 7.44. The van der Waals surface area contributed by atoms with E-state index in [9.17, 15) is 0 Å². The molecule has 4 aromatic carbocycles. The van der Waals surface area contributed by atoms with Crippen LogP contribution in [-0.2, 0) is 0 Å². The first-order valence-corrected chi connectivity index (χ1v) is 16.8.